The van der Waals surface area contributed by atoms with Crippen LogP contribution in [0.4, 0.5) is 0 Å². The van der Waals surface area contributed by atoms with Crippen molar-refractivity contribution in [3.05, 3.63) is 10.1 Å². The molecule has 11 nitrogen and oxygen atoms in total. The van der Waals surface area contributed by atoms with Crippen LogP contribution in [0, 0.1) is 33.8 Å². The first kappa shape index (κ1) is 26.5. The summed E-state index contributed by atoms with van der Waals surface area (Å²) in [5.41, 5.74) is 0. The van der Waals surface area contributed by atoms with Crippen LogP contribution in [0.3, 0.4) is 0 Å². The second-order valence-electron chi connectivity index (χ2n) is 9.20. The van der Waals surface area contributed by atoms with Gasteiger partial charge < -0.3 is 20.8 Å². The normalized spacial score (nSPS) is 28.3. The van der Waals surface area contributed by atoms with Crippen molar-refractivity contribution in [3.8, 4) is 0 Å². The monoisotopic (exact) mass is 469 g/mol. The van der Waals surface area contributed by atoms with Crippen molar-refractivity contribution in [1.29, 1.82) is 0 Å². The van der Waals surface area contributed by atoms with Gasteiger partial charge in [0.05, 0.1) is 23.7 Å². The minimum absolute atomic E-state index is 0.0772. The SMILES string of the molecule is CCCCCC(NC(=O)C1CCCCC1C(=O)O)NC(=O)C1CCC([N+](=O)[O-])CC1C(=O)O. The van der Waals surface area contributed by atoms with Gasteiger partial charge in [0, 0.05) is 17.8 Å². The Kier molecular flexibility index (Phi) is 10.1. The Bertz CT molecular complexity index is 743. The Morgan fingerprint density at radius 2 is 1.42 bits per heavy atom. The van der Waals surface area contributed by atoms with E-state index < -0.39 is 64.6 Å². The number of unbranched alkanes of at least 4 members (excludes halogenated alkanes) is 2. The number of carbonyl (C=O) groups excluding carboxylic acids is 2. The zero-order valence-corrected chi connectivity index (χ0v) is 19.0. The molecule has 0 aliphatic heterocycles. The van der Waals surface area contributed by atoms with Gasteiger partial charge in [-0.3, -0.25) is 29.3 Å². The van der Waals surface area contributed by atoms with Crippen molar-refractivity contribution < 1.29 is 34.3 Å². The van der Waals surface area contributed by atoms with Crippen LogP contribution in [0.25, 0.3) is 0 Å². The first-order valence-corrected chi connectivity index (χ1v) is 11.9. The summed E-state index contributed by atoms with van der Waals surface area (Å²) in [6, 6.07) is -0.991. The largest absolute Gasteiger partial charge is 0.481 e. The lowest BCUT2D eigenvalue weighted by atomic mass is 9.76. The van der Waals surface area contributed by atoms with Gasteiger partial charge in [0.2, 0.25) is 17.9 Å². The number of hydrogen-bond acceptors (Lipinski definition) is 6. The van der Waals surface area contributed by atoms with Gasteiger partial charge in [-0.15, -0.1) is 0 Å². The first-order valence-electron chi connectivity index (χ1n) is 11.9. The maximum Gasteiger partial charge on any atom is 0.307 e. The zero-order valence-electron chi connectivity index (χ0n) is 19.0. The minimum atomic E-state index is -1.25. The molecule has 2 aliphatic rings. The Labute approximate surface area is 192 Å². The van der Waals surface area contributed by atoms with Crippen LogP contribution in [0.5, 0.6) is 0 Å². The molecule has 0 heterocycles. The minimum Gasteiger partial charge on any atom is -0.481 e. The maximum absolute atomic E-state index is 13.0. The summed E-state index contributed by atoms with van der Waals surface area (Å²) in [5, 5.41) is 35.6. The van der Waals surface area contributed by atoms with E-state index in [0.29, 0.717) is 25.7 Å². The average molecular weight is 470 g/mol. The third-order valence-electron chi connectivity index (χ3n) is 6.92. The van der Waals surface area contributed by atoms with Gasteiger partial charge in [0.1, 0.15) is 6.17 Å². The van der Waals surface area contributed by atoms with Crippen molar-refractivity contribution in [1.82, 2.24) is 10.6 Å². The molecule has 0 radical (unpaired) electrons. The lowest BCUT2D eigenvalue weighted by molar-refractivity contribution is -0.528. The Morgan fingerprint density at radius 1 is 0.879 bits per heavy atom. The van der Waals surface area contributed by atoms with Crippen molar-refractivity contribution in [3.63, 3.8) is 0 Å². The molecule has 0 aromatic heterocycles. The van der Waals surface area contributed by atoms with Crippen LogP contribution in [0.2, 0.25) is 0 Å². The lowest BCUT2D eigenvalue weighted by Crippen LogP contribution is -2.54. The number of hydrogen-bond donors (Lipinski definition) is 4. The third kappa shape index (κ3) is 7.40. The second-order valence-corrected chi connectivity index (χ2v) is 9.20. The molecule has 6 atom stereocenters. The molecule has 2 saturated carbocycles. The van der Waals surface area contributed by atoms with Crippen LogP contribution >= 0.6 is 0 Å². The highest BCUT2D eigenvalue weighted by Crippen LogP contribution is 2.33. The number of nitro groups is 1. The lowest BCUT2D eigenvalue weighted by Gasteiger charge is -2.32. The Balaban J connectivity index is 2.09. The molecule has 0 bridgehead atoms. The van der Waals surface area contributed by atoms with Gasteiger partial charge in [-0.25, -0.2) is 0 Å². The highest BCUT2D eigenvalue weighted by molar-refractivity contribution is 5.87. The fourth-order valence-corrected chi connectivity index (χ4v) is 5.00. The molecule has 6 unspecified atom stereocenters. The van der Waals surface area contributed by atoms with Crippen molar-refractivity contribution in [2.75, 3.05) is 0 Å². The number of carboxylic acids is 2. The summed E-state index contributed by atoms with van der Waals surface area (Å²) in [5.74, 6) is -6.77. The summed E-state index contributed by atoms with van der Waals surface area (Å²) < 4.78 is 0. The van der Waals surface area contributed by atoms with E-state index in [-0.39, 0.29) is 19.3 Å². The van der Waals surface area contributed by atoms with Gasteiger partial charge >= 0.3 is 11.9 Å². The number of nitrogens with one attached hydrogen (secondary N) is 2. The van der Waals surface area contributed by atoms with E-state index in [1.807, 2.05) is 6.92 Å². The summed E-state index contributed by atoms with van der Waals surface area (Å²) >= 11 is 0. The molecule has 33 heavy (non-hydrogen) atoms. The highest BCUT2D eigenvalue weighted by atomic mass is 16.6. The van der Waals surface area contributed by atoms with Crippen molar-refractivity contribution in [2.24, 2.45) is 23.7 Å². The molecule has 2 rings (SSSR count). The topological polar surface area (TPSA) is 176 Å². The summed E-state index contributed by atoms with van der Waals surface area (Å²) in [6.45, 7) is 2.01. The number of rotatable bonds is 11. The van der Waals surface area contributed by atoms with E-state index in [9.17, 15) is 39.5 Å². The molecular weight excluding hydrogens is 434 g/mol. The van der Waals surface area contributed by atoms with Crippen molar-refractivity contribution >= 4 is 23.8 Å². The van der Waals surface area contributed by atoms with Gasteiger partial charge in [-0.1, -0.05) is 32.6 Å². The van der Waals surface area contributed by atoms with Crippen molar-refractivity contribution in [2.45, 2.75) is 89.8 Å². The second kappa shape index (κ2) is 12.5. The van der Waals surface area contributed by atoms with Gasteiger partial charge in [0.15, 0.2) is 0 Å². The molecule has 2 aliphatic carbocycles. The fraction of sp³-hybridized carbons (Fsp3) is 0.818. The number of aliphatic carboxylic acids is 2. The summed E-state index contributed by atoms with van der Waals surface area (Å²) in [6.07, 6.45) is 4.56. The van der Waals surface area contributed by atoms with Crippen LogP contribution in [-0.2, 0) is 19.2 Å². The van der Waals surface area contributed by atoms with E-state index >= 15 is 0 Å². The molecule has 11 heteroatoms. The summed E-state index contributed by atoms with van der Waals surface area (Å²) in [4.78, 5) is 59.7. The summed E-state index contributed by atoms with van der Waals surface area (Å²) in [7, 11) is 0. The van der Waals surface area contributed by atoms with E-state index in [0.717, 1.165) is 25.7 Å². The standard InChI is InChI=1S/C22H35N3O8/c1-2-3-4-9-18(23-19(26)14-7-5-6-8-16(14)21(28)29)24-20(27)15-11-10-13(25(32)33)12-17(15)22(30)31/h13-18H,2-12H2,1H3,(H,23,26)(H,24,27)(H,28,29)(H,30,31). The zero-order chi connectivity index (χ0) is 24.5. The number of amides is 2. The van der Waals surface area contributed by atoms with Gasteiger partial charge in [-0.05, 0) is 32.1 Å². The van der Waals surface area contributed by atoms with Crippen LogP contribution in [-0.4, -0.2) is 51.1 Å². The van der Waals surface area contributed by atoms with Crippen LogP contribution < -0.4 is 10.6 Å². The number of carboxylic acid groups (broad SMARTS) is 2. The first-order chi connectivity index (χ1) is 15.6. The predicted molar refractivity (Wildman–Crippen MR) is 117 cm³/mol. The molecule has 0 spiro atoms. The number of carbonyl (C=O) groups is 4. The average Bonchev–Trinajstić information content (AvgIpc) is 2.78. The molecule has 2 fully saturated rings. The highest BCUT2D eigenvalue weighted by Gasteiger charge is 2.44. The van der Waals surface area contributed by atoms with E-state index in [1.165, 1.54) is 0 Å². The smallest absolute Gasteiger partial charge is 0.307 e. The molecule has 186 valence electrons. The third-order valence-corrected chi connectivity index (χ3v) is 6.92. The molecular formula is C22H35N3O8. The number of nitrogens with zero attached hydrogens (tertiary/aromatic N) is 1. The van der Waals surface area contributed by atoms with Crippen LogP contribution in [0.1, 0.15) is 77.6 Å². The van der Waals surface area contributed by atoms with Gasteiger partial charge in [-0.2, -0.15) is 0 Å². The fourth-order valence-electron chi connectivity index (χ4n) is 5.00. The Morgan fingerprint density at radius 3 is 1.94 bits per heavy atom. The molecule has 0 aromatic rings. The van der Waals surface area contributed by atoms with E-state index in [4.69, 9.17) is 0 Å². The molecule has 0 saturated heterocycles. The van der Waals surface area contributed by atoms with Crippen LogP contribution in [0.15, 0.2) is 0 Å². The van der Waals surface area contributed by atoms with Gasteiger partial charge in [0.25, 0.3) is 0 Å². The van der Waals surface area contributed by atoms with E-state index in [2.05, 4.69) is 10.6 Å². The predicted octanol–water partition coefficient (Wildman–Crippen LogP) is 2.16. The molecule has 2 amide bonds. The molecule has 0 aromatic carbocycles. The quantitative estimate of drug-likeness (QED) is 0.154. The maximum atomic E-state index is 13.0. The Hall–Kier alpha value is -2.72. The molecule has 4 N–H and O–H groups in total. The van der Waals surface area contributed by atoms with E-state index in [1.54, 1.807) is 0 Å².